The van der Waals surface area contributed by atoms with E-state index in [2.05, 4.69) is 21.3 Å². The van der Waals surface area contributed by atoms with Crippen molar-refractivity contribution in [2.45, 2.75) is 101 Å². The number of hydrogen-bond acceptors (Lipinski definition) is 6. The van der Waals surface area contributed by atoms with Crippen LogP contribution in [0.2, 0.25) is 0 Å². The molecule has 0 aromatic heterocycles. The van der Waals surface area contributed by atoms with Gasteiger partial charge in [0.25, 0.3) is 0 Å². The highest BCUT2D eigenvalue weighted by Gasteiger charge is 2.25. The molecule has 0 aromatic rings. The first-order valence-corrected chi connectivity index (χ1v) is 11.2. The van der Waals surface area contributed by atoms with Gasteiger partial charge in [-0.1, -0.05) is 51.4 Å². The highest BCUT2D eigenvalue weighted by atomic mass is 15.3. The molecule has 2 saturated heterocycles. The molecule has 6 heteroatoms. The van der Waals surface area contributed by atoms with Gasteiger partial charge in [0.05, 0.1) is 0 Å². The van der Waals surface area contributed by atoms with Gasteiger partial charge in [-0.15, -0.1) is 0 Å². The van der Waals surface area contributed by atoms with Gasteiger partial charge < -0.3 is 11.5 Å². The van der Waals surface area contributed by atoms with Crippen LogP contribution < -0.4 is 32.7 Å². The van der Waals surface area contributed by atoms with Gasteiger partial charge in [0.15, 0.2) is 0 Å². The minimum Gasteiger partial charge on any atom is -0.301 e. The maximum Gasteiger partial charge on any atom is 0.120 e. The van der Waals surface area contributed by atoms with Crippen LogP contribution in [0.5, 0.6) is 0 Å². The average Bonchev–Trinajstić information content (AvgIpc) is 2.64. The summed E-state index contributed by atoms with van der Waals surface area (Å²) >= 11 is 0. The molecule has 2 rings (SSSR count). The zero-order valence-corrected chi connectivity index (χ0v) is 16.9. The van der Waals surface area contributed by atoms with Gasteiger partial charge in [-0.05, 0) is 64.7 Å². The second-order valence-electron chi connectivity index (χ2n) is 8.39. The Hall–Kier alpha value is -0.240. The summed E-state index contributed by atoms with van der Waals surface area (Å²) in [6.07, 6.45) is 17.7. The van der Waals surface area contributed by atoms with E-state index in [1.807, 2.05) is 0 Å². The molecule has 0 saturated carbocycles. The van der Waals surface area contributed by atoms with Crippen molar-refractivity contribution in [2.24, 2.45) is 11.5 Å². The second kappa shape index (κ2) is 12.3. The molecule has 0 atom stereocenters. The number of unbranched alkanes of at least 4 members (excludes halogenated alkanes) is 9. The fourth-order valence-electron chi connectivity index (χ4n) is 4.12. The minimum absolute atomic E-state index is 0.303. The van der Waals surface area contributed by atoms with Crippen molar-refractivity contribution in [3.05, 3.63) is 0 Å². The van der Waals surface area contributed by atoms with Gasteiger partial charge in [-0.25, -0.2) is 0 Å². The molecule has 0 aromatic carbocycles. The summed E-state index contributed by atoms with van der Waals surface area (Å²) in [5, 5.41) is 13.6. The van der Waals surface area contributed by atoms with Crippen LogP contribution in [-0.2, 0) is 0 Å². The summed E-state index contributed by atoms with van der Waals surface area (Å²) in [7, 11) is 0. The van der Waals surface area contributed by atoms with Crippen molar-refractivity contribution in [1.82, 2.24) is 21.3 Å². The smallest absolute Gasteiger partial charge is 0.120 e. The van der Waals surface area contributed by atoms with Gasteiger partial charge in [0.1, 0.15) is 11.6 Å². The van der Waals surface area contributed by atoms with E-state index in [0.29, 0.717) is 0 Å². The van der Waals surface area contributed by atoms with Crippen molar-refractivity contribution in [1.29, 1.82) is 0 Å². The molecule has 154 valence electrons. The maximum atomic E-state index is 6.30. The van der Waals surface area contributed by atoms with Crippen molar-refractivity contribution >= 4 is 0 Å². The molecular formula is C20H44N6. The normalized spacial score (nSPS) is 22.4. The molecular weight excluding hydrogens is 324 g/mol. The molecule has 0 amide bonds. The second-order valence-corrected chi connectivity index (χ2v) is 8.39. The predicted molar refractivity (Wildman–Crippen MR) is 110 cm³/mol. The Morgan fingerprint density at radius 3 is 1.04 bits per heavy atom. The molecule has 2 aliphatic rings. The number of rotatable bonds is 13. The Bertz CT molecular complexity index is 316. The van der Waals surface area contributed by atoms with Crippen LogP contribution in [0.4, 0.5) is 0 Å². The largest absolute Gasteiger partial charge is 0.301 e. The van der Waals surface area contributed by atoms with E-state index in [0.717, 1.165) is 39.0 Å². The Balaban J connectivity index is 1.32. The zero-order chi connectivity index (χ0) is 18.6. The van der Waals surface area contributed by atoms with Crippen molar-refractivity contribution in [3.63, 3.8) is 0 Å². The van der Waals surface area contributed by atoms with E-state index in [4.69, 9.17) is 11.5 Å². The lowest BCUT2D eigenvalue weighted by atomic mass is 10.0. The summed E-state index contributed by atoms with van der Waals surface area (Å²) in [5.41, 5.74) is 12.6. The van der Waals surface area contributed by atoms with Crippen molar-refractivity contribution in [3.8, 4) is 0 Å². The highest BCUT2D eigenvalue weighted by Crippen LogP contribution is 2.15. The molecule has 0 unspecified atom stereocenters. The Morgan fingerprint density at radius 1 is 0.462 bits per heavy atom. The summed E-state index contributed by atoms with van der Waals surface area (Å²) in [4.78, 5) is 0. The number of nitrogens with two attached hydrogens (primary N) is 2. The Kier molecular flexibility index (Phi) is 10.4. The first-order valence-electron chi connectivity index (χ1n) is 11.2. The van der Waals surface area contributed by atoms with Crippen LogP contribution in [0.3, 0.4) is 0 Å². The highest BCUT2D eigenvalue weighted by molar-refractivity contribution is 4.83. The van der Waals surface area contributed by atoms with Crippen LogP contribution in [0.1, 0.15) is 89.9 Å². The monoisotopic (exact) mass is 368 g/mol. The Morgan fingerprint density at radius 2 is 0.731 bits per heavy atom. The molecule has 0 spiro atoms. The summed E-state index contributed by atoms with van der Waals surface area (Å²) < 4.78 is 0. The third kappa shape index (κ3) is 9.11. The zero-order valence-electron chi connectivity index (χ0n) is 16.9. The molecule has 8 N–H and O–H groups in total. The van der Waals surface area contributed by atoms with E-state index in [1.165, 1.54) is 77.0 Å². The van der Waals surface area contributed by atoms with E-state index in [1.54, 1.807) is 0 Å². The number of hydrogen-bond donors (Lipinski definition) is 6. The van der Waals surface area contributed by atoms with Crippen LogP contribution in [0.15, 0.2) is 0 Å². The lowest BCUT2D eigenvalue weighted by Crippen LogP contribution is -2.67. The third-order valence-electron chi connectivity index (χ3n) is 5.86. The lowest BCUT2D eigenvalue weighted by molar-refractivity contribution is 0.206. The van der Waals surface area contributed by atoms with Gasteiger partial charge in [0, 0.05) is 0 Å². The molecule has 2 aliphatic heterocycles. The van der Waals surface area contributed by atoms with Crippen LogP contribution in [-0.4, -0.2) is 37.8 Å². The molecule has 2 fully saturated rings. The fraction of sp³-hybridized carbons (Fsp3) is 1.00. The number of nitrogens with one attached hydrogen (secondary N) is 4. The topological polar surface area (TPSA) is 100 Å². The van der Waals surface area contributed by atoms with Crippen LogP contribution in [0.25, 0.3) is 0 Å². The molecule has 0 aliphatic carbocycles. The van der Waals surface area contributed by atoms with Crippen LogP contribution in [0, 0.1) is 0 Å². The minimum atomic E-state index is -0.303. The summed E-state index contributed by atoms with van der Waals surface area (Å²) in [6, 6.07) is 0. The van der Waals surface area contributed by atoms with Gasteiger partial charge in [0.2, 0.25) is 0 Å². The van der Waals surface area contributed by atoms with Crippen molar-refractivity contribution < 1.29 is 0 Å². The van der Waals surface area contributed by atoms with E-state index < -0.39 is 0 Å². The first kappa shape index (κ1) is 22.1. The standard InChI is InChI=1S/C20H44N6/c21-19(23-15-11-16-24-19)13-9-7-5-3-1-2-4-6-8-10-14-20(22)25-17-12-18-26-20/h23-26H,1-18,21-22H2. The van der Waals surface area contributed by atoms with E-state index in [9.17, 15) is 0 Å². The quantitative estimate of drug-likeness (QED) is 0.278. The third-order valence-corrected chi connectivity index (χ3v) is 5.86. The molecule has 0 radical (unpaired) electrons. The first-order chi connectivity index (χ1) is 12.6. The summed E-state index contributed by atoms with van der Waals surface area (Å²) in [5.74, 6) is -0.605. The van der Waals surface area contributed by atoms with Gasteiger partial charge in [-0.2, -0.15) is 0 Å². The van der Waals surface area contributed by atoms with Gasteiger partial charge in [-0.3, -0.25) is 21.3 Å². The maximum absolute atomic E-state index is 6.30. The SMILES string of the molecule is NC1(CCCCCCCCCCCCC2(N)NCCCN2)NCCCN1. The molecule has 6 nitrogen and oxygen atoms in total. The van der Waals surface area contributed by atoms with E-state index >= 15 is 0 Å². The molecule has 0 bridgehead atoms. The average molecular weight is 369 g/mol. The molecule has 2 heterocycles. The fourth-order valence-corrected chi connectivity index (χ4v) is 4.12. The summed E-state index contributed by atoms with van der Waals surface area (Å²) in [6.45, 7) is 4.18. The van der Waals surface area contributed by atoms with Crippen molar-refractivity contribution in [2.75, 3.05) is 26.2 Å². The lowest BCUT2D eigenvalue weighted by Gasteiger charge is -2.36. The Labute approximate surface area is 161 Å². The van der Waals surface area contributed by atoms with Gasteiger partial charge >= 0.3 is 0 Å². The predicted octanol–water partition coefficient (Wildman–Crippen LogP) is 2.06. The van der Waals surface area contributed by atoms with Crippen LogP contribution >= 0.6 is 0 Å². The molecule has 26 heavy (non-hydrogen) atoms. The van der Waals surface area contributed by atoms with E-state index in [-0.39, 0.29) is 11.6 Å².